The van der Waals surface area contributed by atoms with Crippen LogP contribution in [0.2, 0.25) is 0 Å². The van der Waals surface area contributed by atoms with E-state index < -0.39 is 0 Å². The number of aryl methyl sites for hydroxylation is 1. The first-order valence-electron chi connectivity index (χ1n) is 11.2. The van der Waals surface area contributed by atoms with Crippen LogP contribution in [-0.4, -0.2) is 17.6 Å². The summed E-state index contributed by atoms with van der Waals surface area (Å²) in [6, 6.07) is 19.1. The number of hydrogen-bond acceptors (Lipinski definition) is 4. The molecule has 4 nitrogen and oxygen atoms in total. The highest BCUT2D eigenvalue weighted by Gasteiger charge is 2.09. The maximum absolute atomic E-state index is 12.4. The Morgan fingerprint density at radius 3 is 2.16 bits per heavy atom. The monoisotopic (exact) mass is 417 g/mol. The number of benzene rings is 2. The summed E-state index contributed by atoms with van der Waals surface area (Å²) in [7, 11) is 0. The summed E-state index contributed by atoms with van der Waals surface area (Å²) in [5.41, 5.74) is 3.58. The molecule has 1 heterocycles. The van der Waals surface area contributed by atoms with E-state index in [1.165, 1.54) is 18.4 Å². The van der Waals surface area contributed by atoms with Crippen molar-refractivity contribution in [3.8, 4) is 22.8 Å². The third-order valence-electron chi connectivity index (χ3n) is 5.12. The second-order valence-electron chi connectivity index (χ2n) is 7.65. The van der Waals surface area contributed by atoms with Crippen LogP contribution in [0.15, 0.2) is 66.9 Å². The summed E-state index contributed by atoms with van der Waals surface area (Å²) in [5, 5.41) is 0. The Balaban J connectivity index is 1.55. The van der Waals surface area contributed by atoms with Crippen molar-refractivity contribution >= 4 is 5.97 Å². The van der Waals surface area contributed by atoms with Gasteiger partial charge < -0.3 is 9.47 Å². The normalized spacial score (nSPS) is 10.6. The molecule has 0 amide bonds. The SMILES string of the molecule is CCCCCOc1ccc(-c2ccc(OC(=O)c3ccc(CCCC)cc3)cn2)cc1. The number of pyridine rings is 1. The Morgan fingerprint density at radius 1 is 0.806 bits per heavy atom. The molecule has 0 aliphatic rings. The molecular formula is C27H31NO3. The standard InChI is InChI=1S/C27H31NO3/c1-3-5-7-19-30-24-15-13-22(14-16-24)26-18-17-25(20-28-26)31-27(29)23-11-9-21(10-12-23)8-6-4-2/h9-18,20H,3-8,19H2,1-2H3. The van der Waals surface area contributed by atoms with Crippen LogP contribution in [0, 0.1) is 0 Å². The van der Waals surface area contributed by atoms with E-state index >= 15 is 0 Å². The van der Waals surface area contributed by atoms with Gasteiger partial charge in [0, 0.05) is 5.56 Å². The van der Waals surface area contributed by atoms with Crippen molar-refractivity contribution < 1.29 is 14.3 Å². The van der Waals surface area contributed by atoms with E-state index in [0.29, 0.717) is 11.3 Å². The minimum atomic E-state index is -0.374. The van der Waals surface area contributed by atoms with E-state index in [4.69, 9.17) is 9.47 Å². The van der Waals surface area contributed by atoms with Crippen LogP contribution < -0.4 is 9.47 Å². The summed E-state index contributed by atoms with van der Waals surface area (Å²) < 4.78 is 11.2. The van der Waals surface area contributed by atoms with Crippen LogP contribution in [0.5, 0.6) is 11.5 Å². The Bertz CT molecular complexity index is 932. The molecule has 0 N–H and O–H groups in total. The molecule has 0 radical (unpaired) electrons. The fourth-order valence-electron chi connectivity index (χ4n) is 3.23. The van der Waals surface area contributed by atoms with Gasteiger partial charge in [0.2, 0.25) is 0 Å². The number of aromatic nitrogens is 1. The Labute approximate surface area is 185 Å². The summed E-state index contributed by atoms with van der Waals surface area (Å²) in [5.74, 6) is 0.923. The first kappa shape index (κ1) is 22.5. The lowest BCUT2D eigenvalue weighted by atomic mass is 10.1. The summed E-state index contributed by atoms with van der Waals surface area (Å²) >= 11 is 0. The predicted molar refractivity (Wildman–Crippen MR) is 125 cm³/mol. The molecular weight excluding hydrogens is 386 g/mol. The zero-order valence-corrected chi connectivity index (χ0v) is 18.5. The minimum absolute atomic E-state index is 0.374. The lowest BCUT2D eigenvalue weighted by molar-refractivity contribution is 0.0734. The number of unbranched alkanes of at least 4 members (excludes halogenated alkanes) is 3. The maximum Gasteiger partial charge on any atom is 0.343 e. The van der Waals surface area contributed by atoms with E-state index in [1.807, 2.05) is 54.6 Å². The van der Waals surface area contributed by atoms with Crippen LogP contribution >= 0.6 is 0 Å². The number of hydrogen-bond donors (Lipinski definition) is 0. The van der Waals surface area contributed by atoms with Crippen LogP contribution in [0.25, 0.3) is 11.3 Å². The van der Waals surface area contributed by atoms with E-state index in [0.717, 1.165) is 49.3 Å². The van der Waals surface area contributed by atoms with Gasteiger partial charge >= 0.3 is 5.97 Å². The zero-order chi connectivity index (χ0) is 21.9. The fourth-order valence-corrected chi connectivity index (χ4v) is 3.23. The molecule has 4 heteroatoms. The van der Waals surface area contributed by atoms with Crippen LogP contribution in [-0.2, 0) is 6.42 Å². The van der Waals surface area contributed by atoms with Gasteiger partial charge in [0.15, 0.2) is 0 Å². The second kappa shape index (κ2) is 11.9. The lowest BCUT2D eigenvalue weighted by Gasteiger charge is -2.08. The Morgan fingerprint density at radius 2 is 1.52 bits per heavy atom. The molecule has 162 valence electrons. The van der Waals surface area contributed by atoms with Gasteiger partial charge in [-0.05, 0) is 73.4 Å². The van der Waals surface area contributed by atoms with Gasteiger partial charge in [0.05, 0.1) is 24.1 Å². The predicted octanol–water partition coefficient (Wildman–Crippen LogP) is 6.88. The molecule has 0 aliphatic heterocycles. The number of nitrogens with zero attached hydrogens (tertiary/aromatic N) is 1. The average Bonchev–Trinajstić information content (AvgIpc) is 2.82. The van der Waals surface area contributed by atoms with Gasteiger partial charge in [0.25, 0.3) is 0 Å². The third-order valence-corrected chi connectivity index (χ3v) is 5.12. The van der Waals surface area contributed by atoms with Gasteiger partial charge in [-0.15, -0.1) is 0 Å². The molecule has 3 rings (SSSR count). The van der Waals surface area contributed by atoms with Gasteiger partial charge in [-0.3, -0.25) is 4.98 Å². The van der Waals surface area contributed by atoms with Crippen LogP contribution in [0.4, 0.5) is 0 Å². The van der Waals surface area contributed by atoms with Crippen molar-refractivity contribution in [2.75, 3.05) is 6.61 Å². The molecule has 0 unspecified atom stereocenters. The van der Waals surface area contributed by atoms with Crippen molar-refractivity contribution in [1.82, 2.24) is 4.98 Å². The largest absolute Gasteiger partial charge is 0.494 e. The molecule has 0 saturated carbocycles. The second-order valence-corrected chi connectivity index (χ2v) is 7.65. The minimum Gasteiger partial charge on any atom is -0.494 e. The van der Waals surface area contributed by atoms with Crippen molar-refractivity contribution in [1.29, 1.82) is 0 Å². The molecule has 0 atom stereocenters. The number of ether oxygens (including phenoxy) is 2. The number of rotatable bonds is 11. The van der Waals surface area contributed by atoms with Gasteiger partial charge in [-0.1, -0.05) is 45.2 Å². The number of carbonyl (C=O) groups excluding carboxylic acids is 1. The smallest absolute Gasteiger partial charge is 0.343 e. The molecule has 2 aromatic carbocycles. The quantitative estimate of drug-likeness (QED) is 0.252. The summed E-state index contributed by atoms with van der Waals surface area (Å²) in [6.45, 7) is 5.09. The van der Waals surface area contributed by atoms with Crippen molar-refractivity contribution in [3.05, 3.63) is 78.0 Å². The highest BCUT2D eigenvalue weighted by molar-refractivity contribution is 5.91. The molecule has 0 bridgehead atoms. The molecule has 31 heavy (non-hydrogen) atoms. The third kappa shape index (κ3) is 6.95. The Hall–Kier alpha value is -3.14. The molecule has 3 aromatic rings. The molecule has 1 aromatic heterocycles. The first-order valence-corrected chi connectivity index (χ1v) is 11.2. The van der Waals surface area contributed by atoms with Crippen LogP contribution in [0.3, 0.4) is 0 Å². The molecule has 0 fully saturated rings. The summed E-state index contributed by atoms with van der Waals surface area (Å²) in [4.78, 5) is 16.8. The highest BCUT2D eigenvalue weighted by atomic mass is 16.5. The van der Waals surface area contributed by atoms with Crippen LogP contribution in [0.1, 0.15) is 61.9 Å². The van der Waals surface area contributed by atoms with Gasteiger partial charge in [0.1, 0.15) is 11.5 Å². The topological polar surface area (TPSA) is 48.4 Å². The van der Waals surface area contributed by atoms with Gasteiger partial charge in [-0.2, -0.15) is 0 Å². The maximum atomic E-state index is 12.4. The van der Waals surface area contributed by atoms with E-state index in [1.54, 1.807) is 12.3 Å². The molecule has 0 spiro atoms. The fraction of sp³-hybridized carbons (Fsp3) is 0.333. The van der Waals surface area contributed by atoms with Crippen molar-refractivity contribution in [3.63, 3.8) is 0 Å². The first-order chi connectivity index (χ1) is 15.2. The molecule has 0 aliphatic carbocycles. The molecule has 0 saturated heterocycles. The van der Waals surface area contributed by atoms with E-state index in [-0.39, 0.29) is 5.97 Å². The van der Waals surface area contributed by atoms with Crippen molar-refractivity contribution in [2.24, 2.45) is 0 Å². The number of esters is 1. The van der Waals surface area contributed by atoms with E-state index in [9.17, 15) is 4.79 Å². The van der Waals surface area contributed by atoms with Gasteiger partial charge in [-0.25, -0.2) is 4.79 Å². The Kier molecular flexibility index (Phi) is 8.65. The highest BCUT2D eigenvalue weighted by Crippen LogP contribution is 2.23. The van der Waals surface area contributed by atoms with Crippen molar-refractivity contribution in [2.45, 2.75) is 52.4 Å². The zero-order valence-electron chi connectivity index (χ0n) is 18.5. The van der Waals surface area contributed by atoms with E-state index in [2.05, 4.69) is 18.8 Å². The average molecular weight is 418 g/mol. The number of carbonyl (C=O) groups is 1. The lowest BCUT2D eigenvalue weighted by Crippen LogP contribution is -2.08. The summed E-state index contributed by atoms with van der Waals surface area (Å²) in [6.07, 6.45) is 8.36.